The molecular weight excluding hydrogens is 303 g/mol. The van der Waals surface area contributed by atoms with Crippen LogP contribution in [0.25, 0.3) is 0 Å². The van der Waals surface area contributed by atoms with Crippen molar-refractivity contribution in [2.75, 3.05) is 13.7 Å². The van der Waals surface area contributed by atoms with Crippen LogP contribution in [-0.2, 0) is 10.9 Å². The molecule has 0 heterocycles. The summed E-state index contributed by atoms with van der Waals surface area (Å²) in [6.07, 6.45) is -4.08. The maximum atomic E-state index is 13.0. The normalized spacial score (nSPS) is 12.3. The highest BCUT2D eigenvalue weighted by Crippen LogP contribution is 2.37. The Balaban J connectivity index is 2.94. The third-order valence-corrected chi connectivity index (χ3v) is 3.32. The van der Waals surface area contributed by atoms with Gasteiger partial charge in [-0.2, -0.15) is 13.2 Å². The van der Waals surface area contributed by atoms with E-state index < -0.39 is 17.3 Å². The van der Waals surface area contributed by atoms with Gasteiger partial charge in [0.1, 0.15) is 10.7 Å². The third-order valence-electron chi connectivity index (χ3n) is 3.08. The largest absolute Gasteiger partial charge is 0.493 e. The number of ether oxygens (including phenoxy) is 2. The molecule has 21 heavy (non-hydrogen) atoms. The van der Waals surface area contributed by atoms with Crippen LogP contribution in [0.5, 0.6) is 5.75 Å². The molecule has 1 rings (SSSR count). The van der Waals surface area contributed by atoms with Crippen LogP contribution in [-0.4, -0.2) is 24.3 Å². The van der Waals surface area contributed by atoms with Crippen molar-refractivity contribution in [2.24, 2.45) is 5.73 Å². The van der Waals surface area contributed by atoms with E-state index in [1.54, 1.807) is 0 Å². The average Bonchev–Trinajstić information content (AvgIpc) is 2.37. The Kier molecular flexibility index (Phi) is 5.58. The van der Waals surface area contributed by atoms with Crippen molar-refractivity contribution in [1.29, 1.82) is 0 Å². The number of alkyl halides is 3. The second-order valence-electron chi connectivity index (χ2n) is 5.14. The summed E-state index contributed by atoms with van der Waals surface area (Å²) >= 11 is 4.69. The minimum Gasteiger partial charge on any atom is -0.493 e. The lowest BCUT2D eigenvalue weighted by atomic mass is 10.1. The molecule has 0 bridgehead atoms. The molecule has 3 nitrogen and oxygen atoms in total. The minimum atomic E-state index is -4.53. The lowest BCUT2D eigenvalue weighted by Crippen LogP contribution is -2.25. The Labute approximate surface area is 127 Å². The van der Waals surface area contributed by atoms with E-state index in [-0.39, 0.29) is 22.9 Å². The molecule has 0 fully saturated rings. The van der Waals surface area contributed by atoms with Gasteiger partial charge in [0.2, 0.25) is 0 Å². The fourth-order valence-electron chi connectivity index (χ4n) is 1.54. The number of thiocarbonyl (C=S) groups is 1. The Morgan fingerprint density at radius 1 is 1.29 bits per heavy atom. The lowest BCUT2D eigenvalue weighted by Gasteiger charge is -2.23. The van der Waals surface area contributed by atoms with Crippen LogP contribution in [0.1, 0.15) is 31.4 Å². The van der Waals surface area contributed by atoms with E-state index in [2.05, 4.69) is 0 Å². The molecule has 0 saturated carbocycles. The fraction of sp³-hybridized carbons (Fsp3) is 0.500. The van der Waals surface area contributed by atoms with Crippen molar-refractivity contribution < 1.29 is 22.6 Å². The summed E-state index contributed by atoms with van der Waals surface area (Å²) in [5, 5.41) is 0. The van der Waals surface area contributed by atoms with E-state index in [0.717, 1.165) is 6.07 Å². The SMILES string of the molecule is COC(C)(C)CCOc1ccc(C(N)=S)cc1C(F)(F)F. The van der Waals surface area contributed by atoms with Crippen LogP contribution in [0.2, 0.25) is 0 Å². The van der Waals surface area contributed by atoms with Crippen LogP contribution < -0.4 is 10.5 Å². The van der Waals surface area contributed by atoms with Gasteiger partial charge >= 0.3 is 6.18 Å². The Morgan fingerprint density at radius 2 is 1.90 bits per heavy atom. The number of benzene rings is 1. The molecule has 0 unspecified atom stereocenters. The van der Waals surface area contributed by atoms with E-state index in [0.29, 0.717) is 6.42 Å². The molecule has 0 saturated heterocycles. The van der Waals surface area contributed by atoms with Crippen molar-refractivity contribution >= 4 is 17.2 Å². The van der Waals surface area contributed by atoms with Gasteiger partial charge in [0.25, 0.3) is 0 Å². The zero-order valence-corrected chi connectivity index (χ0v) is 12.9. The molecule has 2 N–H and O–H groups in total. The zero-order valence-electron chi connectivity index (χ0n) is 12.1. The van der Waals surface area contributed by atoms with Crippen molar-refractivity contribution in [3.63, 3.8) is 0 Å². The van der Waals surface area contributed by atoms with Crippen LogP contribution in [0.4, 0.5) is 13.2 Å². The van der Waals surface area contributed by atoms with Gasteiger partial charge in [-0.3, -0.25) is 0 Å². The number of hydrogen-bond donors (Lipinski definition) is 1. The highest BCUT2D eigenvalue weighted by atomic mass is 32.1. The van der Waals surface area contributed by atoms with Crippen LogP contribution in [0, 0.1) is 0 Å². The molecule has 0 aliphatic rings. The fourth-order valence-corrected chi connectivity index (χ4v) is 1.67. The van der Waals surface area contributed by atoms with E-state index in [4.69, 9.17) is 27.4 Å². The maximum Gasteiger partial charge on any atom is 0.419 e. The Morgan fingerprint density at radius 3 is 2.38 bits per heavy atom. The number of rotatable bonds is 6. The van der Waals surface area contributed by atoms with E-state index in [1.165, 1.54) is 19.2 Å². The minimum absolute atomic E-state index is 0.0902. The molecule has 0 amide bonds. The predicted molar refractivity (Wildman–Crippen MR) is 78.5 cm³/mol. The average molecular weight is 321 g/mol. The summed E-state index contributed by atoms with van der Waals surface area (Å²) in [4.78, 5) is -0.0902. The molecule has 0 atom stereocenters. The number of hydrogen-bond acceptors (Lipinski definition) is 3. The van der Waals surface area contributed by atoms with Crippen molar-refractivity contribution in [2.45, 2.75) is 32.0 Å². The van der Waals surface area contributed by atoms with Crippen molar-refractivity contribution in [3.8, 4) is 5.75 Å². The van der Waals surface area contributed by atoms with E-state index >= 15 is 0 Å². The molecule has 0 aromatic heterocycles. The van der Waals surface area contributed by atoms with Gasteiger partial charge in [-0.1, -0.05) is 12.2 Å². The van der Waals surface area contributed by atoms with Crippen LogP contribution >= 0.6 is 12.2 Å². The van der Waals surface area contributed by atoms with Crippen molar-refractivity contribution in [3.05, 3.63) is 29.3 Å². The van der Waals surface area contributed by atoms with Gasteiger partial charge in [-0.05, 0) is 32.0 Å². The summed E-state index contributed by atoms with van der Waals surface area (Å²) in [7, 11) is 1.54. The Bertz CT molecular complexity index is 515. The van der Waals surface area contributed by atoms with E-state index in [1.807, 2.05) is 13.8 Å². The monoisotopic (exact) mass is 321 g/mol. The number of halogens is 3. The van der Waals surface area contributed by atoms with Gasteiger partial charge in [0.15, 0.2) is 0 Å². The van der Waals surface area contributed by atoms with Crippen LogP contribution in [0.3, 0.4) is 0 Å². The first kappa shape index (κ1) is 17.7. The standard InChI is InChI=1S/C14H18F3NO2S/c1-13(2,19-3)6-7-20-11-5-4-9(12(18)21)8-10(11)14(15,16)17/h4-5,8H,6-7H2,1-3H3,(H2,18,21). The van der Waals surface area contributed by atoms with Gasteiger partial charge in [0.05, 0.1) is 17.8 Å². The van der Waals surface area contributed by atoms with Gasteiger partial charge < -0.3 is 15.2 Å². The molecule has 0 spiro atoms. The molecule has 118 valence electrons. The molecule has 0 aliphatic heterocycles. The summed E-state index contributed by atoms with van der Waals surface area (Å²) in [5.74, 6) is -0.241. The zero-order chi connectivity index (χ0) is 16.3. The molecule has 1 aromatic rings. The summed E-state index contributed by atoms with van der Waals surface area (Å²) in [5.41, 5.74) is 4.17. The quantitative estimate of drug-likeness (QED) is 0.814. The summed E-state index contributed by atoms with van der Waals surface area (Å²) in [6, 6.07) is 3.55. The smallest absolute Gasteiger partial charge is 0.419 e. The topological polar surface area (TPSA) is 44.5 Å². The first-order valence-corrected chi connectivity index (χ1v) is 6.66. The second kappa shape index (κ2) is 6.62. The molecule has 0 aliphatic carbocycles. The maximum absolute atomic E-state index is 13.0. The molecule has 7 heteroatoms. The highest BCUT2D eigenvalue weighted by molar-refractivity contribution is 7.80. The molecular formula is C14H18F3NO2S. The van der Waals surface area contributed by atoms with Gasteiger partial charge in [0, 0.05) is 19.1 Å². The first-order chi connectivity index (χ1) is 9.57. The van der Waals surface area contributed by atoms with Gasteiger partial charge in [-0.15, -0.1) is 0 Å². The Hall–Kier alpha value is -1.34. The molecule has 1 aromatic carbocycles. The van der Waals surface area contributed by atoms with Crippen LogP contribution in [0.15, 0.2) is 18.2 Å². The summed E-state index contributed by atoms with van der Waals surface area (Å²) in [6.45, 7) is 3.77. The number of methoxy groups -OCH3 is 1. The number of nitrogens with two attached hydrogens (primary N) is 1. The van der Waals surface area contributed by atoms with E-state index in [9.17, 15) is 13.2 Å². The first-order valence-electron chi connectivity index (χ1n) is 6.26. The lowest BCUT2D eigenvalue weighted by molar-refractivity contribution is -0.139. The van der Waals surface area contributed by atoms with Gasteiger partial charge in [-0.25, -0.2) is 0 Å². The highest BCUT2D eigenvalue weighted by Gasteiger charge is 2.35. The summed E-state index contributed by atoms with van der Waals surface area (Å²) < 4.78 is 49.5. The predicted octanol–water partition coefficient (Wildman–Crippen LogP) is 3.53. The molecule has 0 radical (unpaired) electrons. The second-order valence-corrected chi connectivity index (χ2v) is 5.58. The van der Waals surface area contributed by atoms with Crippen molar-refractivity contribution in [1.82, 2.24) is 0 Å². The third kappa shape index (κ3) is 5.17.